The largest absolute Gasteiger partial charge is 0.445 e. The number of likely N-dealkylation sites (tertiary alicyclic amines) is 1. The summed E-state index contributed by atoms with van der Waals surface area (Å²) >= 11 is 0. The Morgan fingerprint density at radius 1 is 1.36 bits per heavy atom. The summed E-state index contributed by atoms with van der Waals surface area (Å²) in [6.45, 7) is 4.12. The molecule has 1 fully saturated rings. The molecule has 134 valence electrons. The van der Waals surface area contributed by atoms with Crippen molar-refractivity contribution in [2.45, 2.75) is 38.0 Å². The van der Waals surface area contributed by atoms with Crippen LogP contribution < -0.4 is 11.1 Å². The summed E-state index contributed by atoms with van der Waals surface area (Å²) in [5.74, 6) is -1.04. The lowest BCUT2D eigenvalue weighted by molar-refractivity contribution is -0.129. The number of benzene rings is 1. The van der Waals surface area contributed by atoms with Gasteiger partial charge in [0.15, 0.2) is 0 Å². The summed E-state index contributed by atoms with van der Waals surface area (Å²) in [7, 11) is 0. The maximum atomic E-state index is 12.4. The van der Waals surface area contributed by atoms with E-state index in [1.807, 2.05) is 30.3 Å². The monoisotopic (exact) mass is 345 g/mol. The van der Waals surface area contributed by atoms with Gasteiger partial charge in [-0.25, -0.2) is 4.79 Å². The highest BCUT2D eigenvalue weighted by molar-refractivity contribution is 5.91. The predicted octanol–water partition coefficient (Wildman–Crippen LogP) is 1.33. The number of nitrogens with one attached hydrogen (secondary N) is 1. The molecule has 1 saturated heterocycles. The molecule has 0 spiro atoms. The molecule has 3 amide bonds. The molecule has 1 aliphatic heterocycles. The van der Waals surface area contributed by atoms with Crippen LogP contribution >= 0.6 is 0 Å². The minimum absolute atomic E-state index is 0.144. The quantitative estimate of drug-likeness (QED) is 0.728. The van der Waals surface area contributed by atoms with Gasteiger partial charge in [-0.15, -0.1) is 6.58 Å². The predicted molar refractivity (Wildman–Crippen MR) is 92.3 cm³/mol. The molecule has 2 rings (SSSR count). The number of rotatable bonds is 7. The van der Waals surface area contributed by atoms with Crippen LogP contribution in [0.2, 0.25) is 0 Å². The Labute approximate surface area is 146 Å². The average Bonchev–Trinajstić information content (AvgIpc) is 3.10. The van der Waals surface area contributed by atoms with Gasteiger partial charge in [0.1, 0.15) is 18.7 Å². The van der Waals surface area contributed by atoms with Crippen molar-refractivity contribution in [2.75, 3.05) is 6.54 Å². The zero-order chi connectivity index (χ0) is 18.2. The minimum Gasteiger partial charge on any atom is -0.445 e. The summed E-state index contributed by atoms with van der Waals surface area (Å²) in [6, 6.07) is 7.83. The molecule has 1 heterocycles. The van der Waals surface area contributed by atoms with Crippen LogP contribution in [0.5, 0.6) is 0 Å². The Hall–Kier alpha value is -2.83. The topological polar surface area (TPSA) is 102 Å². The van der Waals surface area contributed by atoms with Gasteiger partial charge >= 0.3 is 6.09 Å². The van der Waals surface area contributed by atoms with Crippen molar-refractivity contribution in [1.82, 2.24) is 10.2 Å². The zero-order valence-corrected chi connectivity index (χ0v) is 14.0. The van der Waals surface area contributed by atoms with Crippen LogP contribution in [-0.4, -0.2) is 41.4 Å². The van der Waals surface area contributed by atoms with Crippen LogP contribution in [-0.2, 0) is 20.9 Å². The van der Waals surface area contributed by atoms with Crippen LogP contribution in [0.25, 0.3) is 0 Å². The van der Waals surface area contributed by atoms with Crippen LogP contribution in [0.3, 0.4) is 0 Å². The third kappa shape index (κ3) is 5.07. The van der Waals surface area contributed by atoms with E-state index in [1.54, 1.807) is 0 Å². The van der Waals surface area contributed by atoms with Gasteiger partial charge in [-0.05, 0) is 24.8 Å². The average molecular weight is 345 g/mol. The number of hydrogen-bond donors (Lipinski definition) is 2. The second-order valence-corrected chi connectivity index (χ2v) is 5.88. The molecule has 1 aromatic rings. The molecule has 2 atom stereocenters. The number of nitrogens with zero attached hydrogens (tertiary/aromatic N) is 1. The van der Waals surface area contributed by atoms with Gasteiger partial charge in [0, 0.05) is 6.54 Å². The molecule has 1 aromatic carbocycles. The smallest absolute Gasteiger partial charge is 0.410 e. The fraction of sp³-hybridized carbons (Fsp3) is 0.389. The maximum absolute atomic E-state index is 12.4. The van der Waals surface area contributed by atoms with Gasteiger partial charge in [0.05, 0.1) is 0 Å². The normalized spacial score (nSPS) is 17.6. The highest BCUT2D eigenvalue weighted by atomic mass is 16.6. The fourth-order valence-electron chi connectivity index (χ4n) is 2.74. The first-order valence-electron chi connectivity index (χ1n) is 8.21. The number of carbonyl (C=O) groups is 3. The van der Waals surface area contributed by atoms with Gasteiger partial charge in [-0.3, -0.25) is 14.5 Å². The molecule has 0 unspecified atom stereocenters. The molecule has 0 bridgehead atoms. The summed E-state index contributed by atoms with van der Waals surface area (Å²) in [5.41, 5.74) is 6.14. The van der Waals surface area contributed by atoms with E-state index in [9.17, 15) is 14.4 Å². The standard InChI is InChI=1S/C18H23N3O4/c1-2-7-14(16(19)22)20-17(23)15-10-6-11-21(15)18(24)25-12-13-8-4-3-5-9-13/h2-5,8-9,14-15H,1,6-7,10-12H2,(H2,19,22)(H,20,23)/t14-,15+/m0/s1. The first-order chi connectivity index (χ1) is 12.0. The molecule has 0 saturated carbocycles. The molecule has 0 aromatic heterocycles. The van der Waals surface area contributed by atoms with Gasteiger partial charge in [-0.2, -0.15) is 0 Å². The van der Waals surface area contributed by atoms with Crippen molar-refractivity contribution in [3.05, 3.63) is 48.6 Å². The number of hydrogen-bond acceptors (Lipinski definition) is 4. The van der Waals surface area contributed by atoms with Crippen LogP contribution in [0.4, 0.5) is 4.79 Å². The number of primary amides is 1. The molecule has 3 N–H and O–H groups in total. The number of ether oxygens (including phenoxy) is 1. The Morgan fingerprint density at radius 2 is 2.08 bits per heavy atom. The van der Waals surface area contributed by atoms with Crippen molar-refractivity contribution in [3.8, 4) is 0 Å². The number of amides is 3. The lowest BCUT2D eigenvalue weighted by atomic mass is 10.1. The van der Waals surface area contributed by atoms with E-state index in [4.69, 9.17) is 10.5 Å². The number of nitrogens with two attached hydrogens (primary N) is 1. The molecular weight excluding hydrogens is 322 g/mol. The minimum atomic E-state index is -0.826. The summed E-state index contributed by atoms with van der Waals surface area (Å²) < 4.78 is 5.29. The van der Waals surface area contributed by atoms with E-state index < -0.39 is 30.0 Å². The SMILES string of the molecule is C=CC[C@H](NC(=O)[C@H]1CCCN1C(=O)OCc1ccccc1)C(N)=O. The zero-order valence-electron chi connectivity index (χ0n) is 14.0. The molecule has 7 nitrogen and oxygen atoms in total. The number of carbonyl (C=O) groups excluding carboxylic acids is 3. The molecule has 25 heavy (non-hydrogen) atoms. The summed E-state index contributed by atoms with van der Waals surface area (Å²) in [4.78, 5) is 37.5. The van der Waals surface area contributed by atoms with Gasteiger partial charge < -0.3 is 15.8 Å². The van der Waals surface area contributed by atoms with E-state index in [0.29, 0.717) is 19.4 Å². The van der Waals surface area contributed by atoms with E-state index in [1.165, 1.54) is 11.0 Å². The molecule has 0 aliphatic carbocycles. The first kappa shape index (κ1) is 18.5. The van der Waals surface area contributed by atoms with E-state index >= 15 is 0 Å². The Morgan fingerprint density at radius 3 is 2.72 bits per heavy atom. The van der Waals surface area contributed by atoms with Crippen molar-refractivity contribution >= 4 is 17.9 Å². The van der Waals surface area contributed by atoms with E-state index in [2.05, 4.69) is 11.9 Å². The Balaban J connectivity index is 1.93. The van der Waals surface area contributed by atoms with Gasteiger partial charge in [0.25, 0.3) is 0 Å². The van der Waals surface area contributed by atoms with E-state index in [-0.39, 0.29) is 13.0 Å². The van der Waals surface area contributed by atoms with E-state index in [0.717, 1.165) is 5.56 Å². The lowest BCUT2D eigenvalue weighted by Gasteiger charge is -2.25. The van der Waals surface area contributed by atoms with Crippen molar-refractivity contribution in [3.63, 3.8) is 0 Å². The second-order valence-electron chi connectivity index (χ2n) is 5.88. The molecule has 7 heteroatoms. The van der Waals surface area contributed by atoms with Crippen LogP contribution in [0.1, 0.15) is 24.8 Å². The molecular formula is C18H23N3O4. The summed E-state index contributed by atoms with van der Waals surface area (Å²) in [5, 5.41) is 2.58. The van der Waals surface area contributed by atoms with Crippen molar-refractivity contribution in [2.24, 2.45) is 5.73 Å². The third-order valence-corrected chi connectivity index (χ3v) is 4.06. The highest BCUT2D eigenvalue weighted by Crippen LogP contribution is 2.19. The third-order valence-electron chi connectivity index (χ3n) is 4.06. The van der Waals surface area contributed by atoms with Crippen molar-refractivity contribution in [1.29, 1.82) is 0 Å². The Kier molecular flexibility index (Phi) is 6.56. The van der Waals surface area contributed by atoms with Crippen LogP contribution in [0, 0.1) is 0 Å². The van der Waals surface area contributed by atoms with Crippen LogP contribution in [0.15, 0.2) is 43.0 Å². The lowest BCUT2D eigenvalue weighted by Crippen LogP contribution is -2.52. The summed E-state index contributed by atoms with van der Waals surface area (Å²) in [6.07, 6.45) is 2.43. The fourth-order valence-corrected chi connectivity index (χ4v) is 2.74. The highest BCUT2D eigenvalue weighted by Gasteiger charge is 2.36. The molecule has 1 aliphatic rings. The molecule has 0 radical (unpaired) electrons. The van der Waals surface area contributed by atoms with Gasteiger partial charge in [0.2, 0.25) is 11.8 Å². The Bertz CT molecular complexity index is 632. The van der Waals surface area contributed by atoms with Gasteiger partial charge in [-0.1, -0.05) is 36.4 Å². The first-order valence-corrected chi connectivity index (χ1v) is 8.21. The van der Waals surface area contributed by atoms with Crippen molar-refractivity contribution < 1.29 is 19.1 Å². The maximum Gasteiger partial charge on any atom is 0.410 e. The second kappa shape index (κ2) is 8.86.